The molecule has 1 aromatic rings. The van der Waals surface area contributed by atoms with E-state index in [9.17, 15) is 9.59 Å². The lowest BCUT2D eigenvalue weighted by Crippen LogP contribution is -2.43. The molecule has 1 aliphatic rings. The lowest BCUT2D eigenvalue weighted by molar-refractivity contribution is -0.143. The Kier molecular flexibility index (Phi) is 7.08. The lowest BCUT2D eigenvalue weighted by atomic mass is 10.1. The fourth-order valence-corrected chi connectivity index (χ4v) is 3.53. The Bertz CT molecular complexity index is 655. The molecule has 0 radical (unpaired) electrons. The van der Waals surface area contributed by atoms with E-state index in [0.29, 0.717) is 18.8 Å². The average Bonchev–Trinajstić information content (AvgIpc) is 3.04. The number of carbonyl (C=O) groups excluding carboxylic acids is 2. The Morgan fingerprint density at radius 2 is 2.00 bits per heavy atom. The number of carbonyl (C=O) groups is 2. The SMILES string of the molecule is CCOC(=O)C1CSC([C@H](Cc2ccccc2)NC(=O)OC(C)(C)C)=N1. The summed E-state index contributed by atoms with van der Waals surface area (Å²) in [5.41, 5.74) is 0.482. The zero-order valence-corrected chi connectivity index (χ0v) is 16.5. The van der Waals surface area contributed by atoms with Crippen LogP contribution in [0.5, 0.6) is 0 Å². The monoisotopic (exact) mass is 378 g/mol. The Morgan fingerprint density at radius 3 is 2.62 bits per heavy atom. The Hall–Kier alpha value is -2.02. The zero-order chi connectivity index (χ0) is 19.2. The molecule has 0 saturated heterocycles. The summed E-state index contributed by atoms with van der Waals surface area (Å²) in [7, 11) is 0. The van der Waals surface area contributed by atoms with E-state index >= 15 is 0 Å². The molecule has 2 atom stereocenters. The van der Waals surface area contributed by atoms with Gasteiger partial charge in [0, 0.05) is 5.75 Å². The molecule has 0 fully saturated rings. The highest BCUT2D eigenvalue weighted by atomic mass is 32.2. The number of aliphatic imine (C=N–C) groups is 1. The summed E-state index contributed by atoms with van der Waals surface area (Å²) in [6, 6.07) is 8.96. The number of esters is 1. The van der Waals surface area contributed by atoms with Crippen LogP contribution in [0.15, 0.2) is 35.3 Å². The summed E-state index contributed by atoms with van der Waals surface area (Å²) >= 11 is 1.47. The minimum absolute atomic E-state index is 0.328. The third kappa shape index (κ3) is 6.37. The number of ether oxygens (including phenoxy) is 2. The number of amides is 1. The number of nitrogens with one attached hydrogen (secondary N) is 1. The summed E-state index contributed by atoms with van der Waals surface area (Å²) in [5.74, 6) is 0.195. The van der Waals surface area contributed by atoms with E-state index in [4.69, 9.17) is 9.47 Å². The maximum atomic E-state index is 12.2. The van der Waals surface area contributed by atoms with Gasteiger partial charge in [0.25, 0.3) is 0 Å². The first-order valence-electron chi connectivity index (χ1n) is 8.69. The molecule has 26 heavy (non-hydrogen) atoms. The van der Waals surface area contributed by atoms with Gasteiger partial charge in [0.05, 0.1) is 17.7 Å². The highest BCUT2D eigenvalue weighted by molar-refractivity contribution is 8.14. The van der Waals surface area contributed by atoms with Crippen LogP contribution in [0.3, 0.4) is 0 Å². The van der Waals surface area contributed by atoms with Gasteiger partial charge in [-0.15, -0.1) is 11.8 Å². The number of hydrogen-bond donors (Lipinski definition) is 1. The fraction of sp³-hybridized carbons (Fsp3) is 0.526. The van der Waals surface area contributed by atoms with Crippen molar-refractivity contribution < 1.29 is 19.1 Å². The number of nitrogens with zero attached hydrogens (tertiary/aromatic N) is 1. The van der Waals surface area contributed by atoms with Gasteiger partial charge in [-0.2, -0.15) is 0 Å². The van der Waals surface area contributed by atoms with E-state index in [1.54, 1.807) is 6.92 Å². The molecule has 1 amide bonds. The molecule has 1 aliphatic heterocycles. The first-order valence-corrected chi connectivity index (χ1v) is 9.67. The topological polar surface area (TPSA) is 77.0 Å². The zero-order valence-electron chi connectivity index (χ0n) is 15.7. The Balaban J connectivity index is 2.13. The molecule has 1 aromatic carbocycles. The van der Waals surface area contributed by atoms with Crippen LogP contribution in [0.2, 0.25) is 0 Å². The van der Waals surface area contributed by atoms with Gasteiger partial charge < -0.3 is 14.8 Å². The van der Waals surface area contributed by atoms with E-state index in [1.165, 1.54) is 11.8 Å². The van der Waals surface area contributed by atoms with E-state index < -0.39 is 17.7 Å². The van der Waals surface area contributed by atoms with Crippen molar-refractivity contribution in [2.75, 3.05) is 12.4 Å². The van der Waals surface area contributed by atoms with Crippen molar-refractivity contribution in [1.82, 2.24) is 5.32 Å². The molecule has 0 saturated carbocycles. The van der Waals surface area contributed by atoms with Crippen molar-refractivity contribution in [2.45, 2.75) is 51.8 Å². The van der Waals surface area contributed by atoms with Crippen LogP contribution in [-0.4, -0.2) is 47.2 Å². The van der Waals surface area contributed by atoms with Gasteiger partial charge in [0.15, 0.2) is 6.04 Å². The van der Waals surface area contributed by atoms with Gasteiger partial charge in [-0.3, -0.25) is 4.99 Å². The maximum Gasteiger partial charge on any atom is 0.408 e. The van der Waals surface area contributed by atoms with Gasteiger partial charge >= 0.3 is 12.1 Å². The normalized spacial score (nSPS) is 18.0. The molecule has 0 aromatic heterocycles. The quantitative estimate of drug-likeness (QED) is 0.769. The smallest absolute Gasteiger partial charge is 0.408 e. The predicted molar refractivity (Wildman–Crippen MR) is 104 cm³/mol. The lowest BCUT2D eigenvalue weighted by Gasteiger charge is -2.23. The second-order valence-electron chi connectivity index (χ2n) is 6.93. The fourth-order valence-electron chi connectivity index (χ4n) is 2.44. The third-order valence-electron chi connectivity index (χ3n) is 3.50. The molecular formula is C19H26N2O4S. The van der Waals surface area contributed by atoms with Gasteiger partial charge in [-0.1, -0.05) is 30.3 Å². The summed E-state index contributed by atoms with van der Waals surface area (Å²) in [6.07, 6.45) is 0.0721. The average molecular weight is 378 g/mol. The predicted octanol–water partition coefficient (Wildman–Crippen LogP) is 3.20. The number of rotatable bonds is 6. The number of hydrogen-bond acceptors (Lipinski definition) is 6. The molecule has 1 N–H and O–H groups in total. The van der Waals surface area contributed by atoms with Crippen LogP contribution in [0.1, 0.15) is 33.3 Å². The minimum atomic E-state index is -0.584. The van der Waals surface area contributed by atoms with E-state index in [1.807, 2.05) is 51.1 Å². The van der Waals surface area contributed by atoms with Crippen molar-refractivity contribution in [2.24, 2.45) is 4.99 Å². The van der Waals surface area contributed by atoms with Gasteiger partial charge in [0.1, 0.15) is 5.60 Å². The highest BCUT2D eigenvalue weighted by Gasteiger charge is 2.31. The van der Waals surface area contributed by atoms with Crippen LogP contribution in [-0.2, 0) is 20.7 Å². The first kappa shape index (κ1) is 20.3. The van der Waals surface area contributed by atoms with E-state index in [-0.39, 0.29) is 12.0 Å². The molecular weight excluding hydrogens is 352 g/mol. The summed E-state index contributed by atoms with van der Waals surface area (Å²) in [4.78, 5) is 28.7. The van der Waals surface area contributed by atoms with Crippen molar-refractivity contribution in [3.05, 3.63) is 35.9 Å². The molecule has 2 rings (SSSR count). The molecule has 7 heteroatoms. The van der Waals surface area contributed by atoms with Crippen LogP contribution in [0.25, 0.3) is 0 Å². The van der Waals surface area contributed by atoms with Crippen molar-refractivity contribution in [3.8, 4) is 0 Å². The largest absolute Gasteiger partial charge is 0.464 e. The summed E-state index contributed by atoms with van der Waals surface area (Å²) in [6.45, 7) is 7.55. The molecule has 0 aliphatic carbocycles. The molecule has 0 bridgehead atoms. The van der Waals surface area contributed by atoms with E-state index in [2.05, 4.69) is 10.3 Å². The standard InChI is InChI=1S/C19H26N2O4S/c1-5-24-17(22)15-12-26-16(20-15)14(11-13-9-7-6-8-10-13)21-18(23)25-19(2,3)4/h6-10,14-15H,5,11-12H2,1-4H3,(H,21,23)/t14-,15?/m0/s1. The van der Waals surface area contributed by atoms with Gasteiger partial charge in [0.2, 0.25) is 0 Å². The van der Waals surface area contributed by atoms with Crippen molar-refractivity contribution >= 4 is 28.9 Å². The summed E-state index contributed by atoms with van der Waals surface area (Å²) < 4.78 is 10.4. The molecule has 6 nitrogen and oxygen atoms in total. The van der Waals surface area contributed by atoms with Crippen LogP contribution in [0, 0.1) is 0 Å². The molecule has 1 unspecified atom stereocenters. The van der Waals surface area contributed by atoms with Crippen molar-refractivity contribution in [3.63, 3.8) is 0 Å². The van der Waals surface area contributed by atoms with Crippen LogP contribution in [0.4, 0.5) is 4.79 Å². The van der Waals surface area contributed by atoms with Crippen LogP contribution < -0.4 is 5.32 Å². The number of alkyl carbamates (subject to hydrolysis) is 1. The van der Waals surface area contributed by atoms with Gasteiger partial charge in [-0.25, -0.2) is 9.59 Å². The second kappa shape index (κ2) is 9.07. The minimum Gasteiger partial charge on any atom is -0.464 e. The van der Waals surface area contributed by atoms with E-state index in [0.717, 1.165) is 10.6 Å². The Labute approximate surface area is 158 Å². The molecule has 0 spiro atoms. The number of thioether (sulfide) groups is 1. The number of benzene rings is 1. The maximum absolute atomic E-state index is 12.2. The van der Waals surface area contributed by atoms with Crippen molar-refractivity contribution in [1.29, 1.82) is 0 Å². The first-order chi connectivity index (χ1) is 12.3. The highest BCUT2D eigenvalue weighted by Crippen LogP contribution is 2.23. The molecule has 142 valence electrons. The van der Waals surface area contributed by atoms with Gasteiger partial charge in [-0.05, 0) is 39.7 Å². The Morgan fingerprint density at radius 1 is 1.31 bits per heavy atom. The van der Waals surface area contributed by atoms with Crippen LogP contribution >= 0.6 is 11.8 Å². The third-order valence-corrected chi connectivity index (χ3v) is 4.67. The summed E-state index contributed by atoms with van der Waals surface area (Å²) in [5, 5.41) is 3.61. The molecule has 1 heterocycles. The second-order valence-corrected chi connectivity index (χ2v) is 7.98.